The van der Waals surface area contributed by atoms with Gasteiger partial charge in [0.2, 0.25) is 0 Å². The number of guanidine groups is 1. The van der Waals surface area contributed by atoms with Gasteiger partial charge in [-0.2, -0.15) is 0 Å². The zero-order chi connectivity index (χ0) is 12.5. The minimum absolute atomic E-state index is 0.297. The van der Waals surface area contributed by atoms with Gasteiger partial charge in [-0.05, 0) is 24.4 Å². The van der Waals surface area contributed by atoms with Gasteiger partial charge < -0.3 is 25.8 Å². The molecule has 0 fully saturated rings. The number of nitrogens with two attached hydrogens (primary N) is 1. The summed E-state index contributed by atoms with van der Waals surface area (Å²) in [6.45, 7) is 1.13. The normalized spacial score (nSPS) is 21.7. The van der Waals surface area contributed by atoms with Crippen LogP contribution in [0, 0.1) is 0 Å². The van der Waals surface area contributed by atoms with E-state index < -0.39 is 0 Å². The van der Waals surface area contributed by atoms with E-state index >= 15 is 0 Å². The highest BCUT2D eigenvalue weighted by atomic mass is 32.1. The molecule has 94 valence electrons. The van der Waals surface area contributed by atoms with Gasteiger partial charge in [0.1, 0.15) is 19.4 Å². The number of fused-ring (bicyclic) bond motifs is 1. The summed E-state index contributed by atoms with van der Waals surface area (Å²) in [5, 5.41) is 6.22. The van der Waals surface area contributed by atoms with Gasteiger partial charge in [-0.3, -0.25) is 0 Å². The van der Waals surface area contributed by atoms with Crippen LogP contribution in [0.2, 0.25) is 0 Å². The molecule has 0 saturated heterocycles. The highest BCUT2D eigenvalue weighted by molar-refractivity contribution is 7.80. The van der Waals surface area contributed by atoms with Gasteiger partial charge in [0.25, 0.3) is 0 Å². The second-order valence-electron chi connectivity index (χ2n) is 3.92. The number of hydrogen-bond acceptors (Lipinski definition) is 5. The molecule has 1 aromatic carbocycles. The Balaban J connectivity index is 1.92. The van der Waals surface area contributed by atoms with Gasteiger partial charge in [0, 0.05) is 5.56 Å². The number of thiocarbonyl (C=S) groups is 1. The lowest BCUT2D eigenvalue weighted by Crippen LogP contribution is -2.49. The smallest absolute Gasteiger partial charge is 0.197 e. The second kappa shape index (κ2) is 4.34. The predicted molar refractivity (Wildman–Crippen MR) is 70.7 cm³/mol. The Morgan fingerprint density at radius 1 is 1.28 bits per heavy atom. The third-order valence-electron chi connectivity index (χ3n) is 2.66. The van der Waals surface area contributed by atoms with Gasteiger partial charge in [0.15, 0.2) is 22.6 Å². The van der Waals surface area contributed by atoms with Gasteiger partial charge in [0.05, 0.1) is 0 Å². The number of rotatable bonds is 1. The van der Waals surface area contributed by atoms with Crippen LogP contribution in [-0.2, 0) is 0 Å². The van der Waals surface area contributed by atoms with Crippen molar-refractivity contribution in [2.45, 2.75) is 6.17 Å². The molecular weight excluding hydrogens is 252 g/mol. The fourth-order valence-corrected chi connectivity index (χ4v) is 2.08. The molecule has 4 N–H and O–H groups in total. The summed E-state index contributed by atoms with van der Waals surface area (Å²) in [6.07, 6.45) is -0.297. The summed E-state index contributed by atoms with van der Waals surface area (Å²) in [7, 11) is 0. The number of nitrogens with one attached hydrogen (secondary N) is 2. The Kier molecular flexibility index (Phi) is 2.67. The Labute approximate surface area is 109 Å². The number of ether oxygens (including phenoxy) is 2. The van der Waals surface area contributed by atoms with E-state index in [9.17, 15) is 0 Å². The quantitative estimate of drug-likeness (QED) is 0.631. The van der Waals surface area contributed by atoms with Crippen LogP contribution in [-0.4, -0.2) is 24.3 Å². The first-order chi connectivity index (χ1) is 8.72. The van der Waals surface area contributed by atoms with E-state index in [1.54, 1.807) is 0 Å². The molecule has 0 spiro atoms. The van der Waals surface area contributed by atoms with Gasteiger partial charge >= 0.3 is 0 Å². The third kappa shape index (κ3) is 2.04. The van der Waals surface area contributed by atoms with Crippen LogP contribution in [0.25, 0.3) is 0 Å². The number of hydrogen-bond donors (Lipinski definition) is 3. The van der Waals surface area contributed by atoms with Crippen molar-refractivity contribution in [3.8, 4) is 11.5 Å². The van der Waals surface area contributed by atoms with Crippen LogP contribution >= 0.6 is 12.2 Å². The van der Waals surface area contributed by atoms with Crippen molar-refractivity contribution < 1.29 is 9.47 Å². The number of aliphatic imine (C=N–C) groups is 1. The summed E-state index contributed by atoms with van der Waals surface area (Å²) in [5.74, 6) is 1.77. The topological polar surface area (TPSA) is 80.9 Å². The zero-order valence-electron chi connectivity index (χ0n) is 9.47. The highest BCUT2D eigenvalue weighted by Gasteiger charge is 2.20. The number of nitrogens with zero attached hydrogens (tertiary/aromatic N) is 1. The summed E-state index contributed by atoms with van der Waals surface area (Å²) in [6, 6.07) is 5.66. The SMILES string of the molecule is NC1=NC(c2ccc3c(c2)OCCO3)NC(=S)N1. The molecule has 1 unspecified atom stereocenters. The number of benzene rings is 1. The molecule has 0 bridgehead atoms. The lowest BCUT2D eigenvalue weighted by atomic mass is 10.1. The maximum atomic E-state index is 5.65. The van der Waals surface area contributed by atoms with Crippen LogP contribution < -0.4 is 25.8 Å². The van der Waals surface area contributed by atoms with Crippen molar-refractivity contribution >= 4 is 23.3 Å². The Bertz CT molecular complexity index is 532. The average molecular weight is 264 g/mol. The predicted octanol–water partition coefficient (Wildman–Crippen LogP) is 0.249. The fraction of sp³-hybridized carbons (Fsp3) is 0.273. The molecule has 0 amide bonds. The van der Waals surface area contributed by atoms with Gasteiger partial charge in [-0.1, -0.05) is 6.07 Å². The van der Waals surface area contributed by atoms with Gasteiger partial charge in [-0.15, -0.1) is 0 Å². The van der Waals surface area contributed by atoms with Crippen LogP contribution in [0.1, 0.15) is 11.7 Å². The van der Waals surface area contributed by atoms with Crippen molar-refractivity contribution in [1.82, 2.24) is 10.6 Å². The maximum Gasteiger partial charge on any atom is 0.197 e. The second-order valence-corrected chi connectivity index (χ2v) is 4.33. The first kappa shape index (κ1) is 11.1. The standard InChI is InChI=1S/C11H12N4O2S/c12-10-13-9(14-11(18)15-10)6-1-2-7-8(5-6)17-4-3-16-7/h1-2,5,9H,3-4H2,(H4,12,13,14,15,18). The molecule has 18 heavy (non-hydrogen) atoms. The summed E-state index contributed by atoms with van der Waals surface area (Å²) in [4.78, 5) is 4.24. The lowest BCUT2D eigenvalue weighted by molar-refractivity contribution is 0.171. The van der Waals surface area contributed by atoms with E-state index in [1.165, 1.54) is 0 Å². The first-order valence-corrected chi connectivity index (χ1v) is 5.93. The van der Waals surface area contributed by atoms with Crippen LogP contribution in [0.5, 0.6) is 11.5 Å². The summed E-state index contributed by atoms with van der Waals surface area (Å²) in [5.41, 5.74) is 6.57. The molecule has 0 aliphatic carbocycles. The Morgan fingerprint density at radius 2 is 2.06 bits per heavy atom. The fourth-order valence-electron chi connectivity index (χ4n) is 1.87. The van der Waals surface area contributed by atoms with E-state index in [0.717, 1.165) is 17.1 Å². The highest BCUT2D eigenvalue weighted by Crippen LogP contribution is 2.33. The molecule has 6 nitrogen and oxygen atoms in total. The van der Waals surface area contributed by atoms with Crippen molar-refractivity contribution in [3.05, 3.63) is 23.8 Å². The molecular formula is C11H12N4O2S. The van der Waals surface area contributed by atoms with E-state index in [4.69, 9.17) is 27.4 Å². The van der Waals surface area contributed by atoms with E-state index in [2.05, 4.69) is 15.6 Å². The van der Waals surface area contributed by atoms with E-state index in [0.29, 0.717) is 24.3 Å². The Morgan fingerprint density at radius 3 is 2.83 bits per heavy atom. The van der Waals surface area contributed by atoms with Gasteiger partial charge in [-0.25, -0.2) is 4.99 Å². The minimum atomic E-state index is -0.297. The first-order valence-electron chi connectivity index (χ1n) is 5.53. The molecule has 0 radical (unpaired) electrons. The molecule has 0 saturated carbocycles. The molecule has 0 aromatic heterocycles. The van der Waals surface area contributed by atoms with Crippen LogP contribution in [0.4, 0.5) is 0 Å². The largest absolute Gasteiger partial charge is 0.486 e. The van der Waals surface area contributed by atoms with Crippen molar-refractivity contribution in [2.75, 3.05) is 13.2 Å². The maximum absolute atomic E-state index is 5.65. The Hall–Kier alpha value is -2.02. The summed E-state index contributed by atoms with van der Waals surface area (Å²) >= 11 is 5.04. The third-order valence-corrected chi connectivity index (χ3v) is 2.88. The van der Waals surface area contributed by atoms with Crippen molar-refractivity contribution in [1.29, 1.82) is 0 Å². The van der Waals surface area contributed by atoms with E-state index in [1.807, 2.05) is 18.2 Å². The molecule has 2 heterocycles. The monoisotopic (exact) mass is 264 g/mol. The minimum Gasteiger partial charge on any atom is -0.486 e. The van der Waals surface area contributed by atoms with Crippen LogP contribution in [0.15, 0.2) is 23.2 Å². The average Bonchev–Trinajstić information content (AvgIpc) is 2.37. The van der Waals surface area contributed by atoms with Crippen molar-refractivity contribution in [3.63, 3.8) is 0 Å². The molecule has 2 aliphatic heterocycles. The van der Waals surface area contributed by atoms with Crippen LogP contribution in [0.3, 0.4) is 0 Å². The molecule has 1 atom stereocenters. The molecule has 2 aliphatic rings. The zero-order valence-corrected chi connectivity index (χ0v) is 10.3. The van der Waals surface area contributed by atoms with Crippen molar-refractivity contribution in [2.24, 2.45) is 10.7 Å². The lowest BCUT2D eigenvalue weighted by Gasteiger charge is -2.25. The molecule has 7 heteroatoms. The summed E-state index contributed by atoms with van der Waals surface area (Å²) < 4.78 is 11.0. The van der Waals surface area contributed by atoms with E-state index in [-0.39, 0.29) is 6.17 Å². The molecule has 3 rings (SSSR count). The molecule has 1 aromatic rings.